The molecule has 0 saturated carbocycles. The zero-order chi connectivity index (χ0) is 25.2. The minimum atomic E-state index is -1.03. The highest BCUT2D eigenvalue weighted by molar-refractivity contribution is 6.00. The van der Waals surface area contributed by atoms with Gasteiger partial charge in [-0.05, 0) is 27.7 Å². The van der Waals surface area contributed by atoms with Gasteiger partial charge in [0.15, 0.2) is 0 Å². The second-order valence-corrected chi connectivity index (χ2v) is 9.60. The lowest BCUT2D eigenvalue weighted by atomic mass is 9.84. The third kappa shape index (κ3) is 5.21. The Hall–Kier alpha value is -4.07. The largest absolute Gasteiger partial charge is 0.481 e. The van der Waals surface area contributed by atoms with Gasteiger partial charge in [-0.25, -0.2) is 4.79 Å². The van der Waals surface area contributed by atoms with Crippen LogP contribution in [-0.4, -0.2) is 35.7 Å². The number of benzene rings is 2. The van der Waals surface area contributed by atoms with E-state index in [0.29, 0.717) is 0 Å². The fourth-order valence-corrected chi connectivity index (χ4v) is 4.30. The maximum atomic E-state index is 12.8. The molecule has 0 radical (unpaired) electrons. The first-order chi connectivity index (χ1) is 16.6. The van der Waals surface area contributed by atoms with Crippen LogP contribution in [0.2, 0.25) is 0 Å². The molecule has 1 aliphatic rings. The van der Waals surface area contributed by atoms with Gasteiger partial charge in [-0.3, -0.25) is 14.9 Å². The van der Waals surface area contributed by atoms with Crippen LogP contribution in [0, 0.1) is 5.41 Å². The van der Waals surface area contributed by atoms with E-state index in [1.54, 1.807) is 0 Å². The van der Waals surface area contributed by atoms with Gasteiger partial charge in [-0.1, -0.05) is 69.3 Å². The molecule has 35 heavy (non-hydrogen) atoms. The van der Waals surface area contributed by atoms with Gasteiger partial charge < -0.3 is 19.6 Å². The molecule has 1 aromatic heterocycles. The van der Waals surface area contributed by atoms with Gasteiger partial charge in [0.1, 0.15) is 6.61 Å². The van der Waals surface area contributed by atoms with Crippen molar-refractivity contribution in [2.75, 3.05) is 11.9 Å². The minimum absolute atomic E-state index is 0.0937. The van der Waals surface area contributed by atoms with Crippen molar-refractivity contribution < 1.29 is 28.6 Å². The van der Waals surface area contributed by atoms with Crippen LogP contribution in [0.15, 0.2) is 65.3 Å². The standard InChI is InChI=1S/C27H28N2O6/c1-27(2,3)22(14-23(30)31)29-25(32)24-21(12-13-34-24)28-26(33)35-15-20-18-10-6-4-8-16(18)17-9-5-7-11-19(17)20/h4-13,20,22H,14-15H2,1-3H3,(H,28,33)(H,29,32)(H,30,31). The summed E-state index contributed by atoms with van der Waals surface area (Å²) in [5.74, 6) is -1.87. The fourth-order valence-electron chi connectivity index (χ4n) is 4.30. The highest BCUT2D eigenvalue weighted by atomic mass is 16.5. The van der Waals surface area contributed by atoms with Gasteiger partial charge in [-0.2, -0.15) is 0 Å². The third-order valence-electron chi connectivity index (χ3n) is 6.18. The van der Waals surface area contributed by atoms with Crippen molar-refractivity contribution in [2.45, 2.75) is 39.2 Å². The number of carbonyl (C=O) groups excluding carboxylic acids is 2. The van der Waals surface area contributed by atoms with E-state index < -0.39 is 29.4 Å². The van der Waals surface area contributed by atoms with E-state index in [-0.39, 0.29) is 30.4 Å². The summed E-state index contributed by atoms with van der Waals surface area (Å²) in [4.78, 5) is 36.6. The number of anilines is 1. The average Bonchev–Trinajstić information content (AvgIpc) is 3.39. The number of hydrogen-bond donors (Lipinski definition) is 3. The van der Waals surface area contributed by atoms with Crippen LogP contribution in [0.1, 0.15) is 54.8 Å². The molecular formula is C27H28N2O6. The summed E-state index contributed by atoms with van der Waals surface area (Å²) in [5, 5.41) is 14.4. The molecule has 3 N–H and O–H groups in total. The summed E-state index contributed by atoms with van der Waals surface area (Å²) < 4.78 is 10.8. The number of hydrogen-bond acceptors (Lipinski definition) is 5. The van der Waals surface area contributed by atoms with Gasteiger partial charge in [0.25, 0.3) is 5.91 Å². The number of carbonyl (C=O) groups is 3. The van der Waals surface area contributed by atoms with E-state index in [0.717, 1.165) is 22.3 Å². The molecule has 8 nitrogen and oxygen atoms in total. The van der Waals surface area contributed by atoms with Crippen LogP contribution in [0.5, 0.6) is 0 Å². The van der Waals surface area contributed by atoms with Crippen molar-refractivity contribution in [3.63, 3.8) is 0 Å². The van der Waals surface area contributed by atoms with E-state index >= 15 is 0 Å². The molecule has 0 saturated heterocycles. The second kappa shape index (κ2) is 9.66. The number of carboxylic acids is 1. The highest BCUT2D eigenvalue weighted by Gasteiger charge is 2.31. The van der Waals surface area contributed by atoms with Crippen LogP contribution in [0.25, 0.3) is 11.1 Å². The van der Waals surface area contributed by atoms with Crippen molar-refractivity contribution in [3.8, 4) is 11.1 Å². The molecule has 2 aromatic carbocycles. The molecule has 0 aliphatic heterocycles. The Labute approximate surface area is 203 Å². The minimum Gasteiger partial charge on any atom is -0.481 e. The molecular weight excluding hydrogens is 448 g/mol. The molecule has 1 heterocycles. The number of ether oxygens (including phenoxy) is 1. The molecule has 0 spiro atoms. The first kappa shape index (κ1) is 24.1. The monoisotopic (exact) mass is 476 g/mol. The normalized spacial score (nSPS) is 13.5. The van der Waals surface area contributed by atoms with Crippen molar-refractivity contribution in [1.29, 1.82) is 0 Å². The Balaban J connectivity index is 1.42. The predicted molar refractivity (Wildman–Crippen MR) is 130 cm³/mol. The lowest BCUT2D eigenvalue weighted by Crippen LogP contribution is -2.45. The second-order valence-electron chi connectivity index (χ2n) is 9.60. The number of aliphatic carboxylic acids is 1. The SMILES string of the molecule is CC(C)(C)C(CC(=O)O)NC(=O)c1occc1NC(=O)OCC1c2ccccc2-c2ccccc21. The number of furan rings is 1. The summed E-state index contributed by atoms with van der Waals surface area (Å²) in [6.45, 7) is 5.63. The van der Waals surface area contributed by atoms with Crippen LogP contribution < -0.4 is 10.6 Å². The summed E-state index contributed by atoms with van der Waals surface area (Å²) in [6.07, 6.45) is 0.308. The van der Waals surface area contributed by atoms with E-state index in [9.17, 15) is 19.5 Å². The Bertz CT molecular complexity index is 1210. The van der Waals surface area contributed by atoms with Crippen LogP contribution in [0.4, 0.5) is 10.5 Å². The van der Waals surface area contributed by atoms with Crippen LogP contribution in [0.3, 0.4) is 0 Å². The number of rotatable bonds is 7. The molecule has 1 unspecified atom stereocenters. The third-order valence-corrected chi connectivity index (χ3v) is 6.18. The van der Waals surface area contributed by atoms with Crippen molar-refractivity contribution in [3.05, 3.63) is 77.7 Å². The quantitative estimate of drug-likeness (QED) is 0.428. The van der Waals surface area contributed by atoms with Crippen molar-refractivity contribution in [2.24, 2.45) is 5.41 Å². The van der Waals surface area contributed by atoms with E-state index in [2.05, 4.69) is 22.8 Å². The zero-order valence-corrected chi connectivity index (χ0v) is 19.8. The van der Waals surface area contributed by atoms with E-state index in [1.807, 2.05) is 57.2 Å². The molecule has 0 fully saturated rings. The zero-order valence-electron chi connectivity index (χ0n) is 19.8. The predicted octanol–water partition coefficient (Wildman–Crippen LogP) is 5.26. The topological polar surface area (TPSA) is 118 Å². The molecule has 3 aromatic rings. The first-order valence-corrected chi connectivity index (χ1v) is 11.4. The fraction of sp³-hybridized carbons (Fsp3) is 0.296. The average molecular weight is 477 g/mol. The molecule has 4 rings (SSSR count). The van der Waals surface area contributed by atoms with Crippen LogP contribution >= 0.6 is 0 Å². The Morgan fingerprint density at radius 1 is 1.00 bits per heavy atom. The maximum absolute atomic E-state index is 12.8. The van der Waals surface area contributed by atoms with Gasteiger partial charge in [0, 0.05) is 18.0 Å². The molecule has 8 heteroatoms. The summed E-state index contributed by atoms with van der Waals surface area (Å²) in [5.41, 5.74) is 4.08. The van der Waals surface area contributed by atoms with Gasteiger partial charge >= 0.3 is 12.1 Å². The van der Waals surface area contributed by atoms with E-state index in [1.165, 1.54) is 12.3 Å². The Kier molecular flexibility index (Phi) is 6.64. The molecule has 1 atom stereocenters. The first-order valence-electron chi connectivity index (χ1n) is 11.4. The summed E-state index contributed by atoms with van der Waals surface area (Å²) >= 11 is 0. The van der Waals surface area contributed by atoms with Crippen LogP contribution in [-0.2, 0) is 9.53 Å². The van der Waals surface area contributed by atoms with Crippen molar-refractivity contribution >= 4 is 23.7 Å². The number of carboxylic acid groups (broad SMARTS) is 1. The lowest BCUT2D eigenvalue weighted by molar-refractivity contribution is -0.138. The maximum Gasteiger partial charge on any atom is 0.411 e. The number of fused-ring (bicyclic) bond motifs is 3. The molecule has 182 valence electrons. The smallest absolute Gasteiger partial charge is 0.411 e. The molecule has 1 aliphatic carbocycles. The van der Waals surface area contributed by atoms with Gasteiger partial charge in [-0.15, -0.1) is 0 Å². The molecule has 2 amide bonds. The number of amides is 2. The van der Waals surface area contributed by atoms with Crippen molar-refractivity contribution in [1.82, 2.24) is 5.32 Å². The van der Waals surface area contributed by atoms with Gasteiger partial charge in [0.2, 0.25) is 5.76 Å². The summed E-state index contributed by atoms with van der Waals surface area (Å²) in [7, 11) is 0. The number of nitrogens with one attached hydrogen (secondary N) is 2. The Morgan fingerprint density at radius 3 is 2.17 bits per heavy atom. The van der Waals surface area contributed by atoms with E-state index in [4.69, 9.17) is 9.15 Å². The lowest BCUT2D eigenvalue weighted by Gasteiger charge is -2.30. The highest BCUT2D eigenvalue weighted by Crippen LogP contribution is 2.44. The molecule has 0 bridgehead atoms. The Morgan fingerprint density at radius 2 is 1.60 bits per heavy atom. The van der Waals surface area contributed by atoms with Gasteiger partial charge in [0.05, 0.1) is 18.4 Å². The summed E-state index contributed by atoms with van der Waals surface area (Å²) in [6, 6.07) is 16.9.